The standard InChI is InChI=1S/C25H27ClF2N3O7P/c1-31(23(32)10-8-16-4-2-6-21(28)24(16)26)20(5-3-11-38-39(34,35)36)15-37-25(33)30-22-13-18-12-19(27)9-7-17(18)14-29-22/h2,4,6-7,9,12-14,20H,3,5,8,10-11,15H2,1H3,(H,29,30,33)(H2,34,35,36)/t20-/m0/s1. The van der Waals surface area contributed by atoms with Gasteiger partial charge in [-0.2, -0.15) is 0 Å². The number of phosphoric ester groups is 1. The van der Waals surface area contributed by atoms with Crippen LogP contribution in [-0.2, 0) is 25.0 Å². The lowest BCUT2D eigenvalue weighted by molar-refractivity contribution is -0.133. The fourth-order valence-corrected chi connectivity index (χ4v) is 4.33. The Hall–Kier alpha value is -3.15. The second-order valence-electron chi connectivity index (χ2n) is 8.62. The molecular formula is C25H27ClF2N3O7P. The van der Waals surface area contributed by atoms with Crippen molar-refractivity contribution in [2.45, 2.75) is 31.7 Å². The molecule has 0 saturated carbocycles. The van der Waals surface area contributed by atoms with Crippen molar-refractivity contribution in [3.63, 3.8) is 0 Å². The number of aryl methyl sites for hydroxylation is 1. The molecule has 0 spiro atoms. The predicted octanol–water partition coefficient (Wildman–Crippen LogP) is 5.06. The highest BCUT2D eigenvalue weighted by atomic mass is 35.5. The Kier molecular flexibility index (Phi) is 10.7. The molecule has 3 aromatic rings. The Balaban J connectivity index is 1.61. The summed E-state index contributed by atoms with van der Waals surface area (Å²) in [5.41, 5.74) is 0.461. The lowest BCUT2D eigenvalue weighted by Gasteiger charge is -2.28. The van der Waals surface area contributed by atoms with Gasteiger partial charge in [0.15, 0.2) is 0 Å². The van der Waals surface area contributed by atoms with E-state index in [2.05, 4.69) is 14.8 Å². The van der Waals surface area contributed by atoms with Crippen molar-refractivity contribution >= 4 is 48.0 Å². The van der Waals surface area contributed by atoms with Crippen LogP contribution in [0.4, 0.5) is 19.4 Å². The number of phosphoric acid groups is 1. The lowest BCUT2D eigenvalue weighted by atomic mass is 10.1. The van der Waals surface area contributed by atoms with Gasteiger partial charge in [-0.1, -0.05) is 23.7 Å². The number of hydrogen-bond acceptors (Lipinski definition) is 6. The van der Waals surface area contributed by atoms with E-state index in [1.165, 1.54) is 48.5 Å². The molecule has 3 rings (SSSR count). The molecule has 3 N–H and O–H groups in total. The number of rotatable bonds is 12. The summed E-state index contributed by atoms with van der Waals surface area (Å²) >= 11 is 5.97. The van der Waals surface area contributed by atoms with Crippen LogP contribution in [-0.4, -0.2) is 58.0 Å². The third-order valence-corrected chi connectivity index (χ3v) is 6.78. The normalized spacial score (nSPS) is 12.3. The number of fused-ring (bicyclic) bond motifs is 1. The molecule has 1 atom stereocenters. The fraction of sp³-hybridized carbons (Fsp3) is 0.320. The van der Waals surface area contributed by atoms with E-state index in [1.807, 2.05) is 0 Å². The van der Waals surface area contributed by atoms with Crippen LogP contribution >= 0.6 is 19.4 Å². The molecule has 39 heavy (non-hydrogen) atoms. The zero-order valence-electron chi connectivity index (χ0n) is 20.8. The first kappa shape index (κ1) is 30.4. The van der Waals surface area contributed by atoms with E-state index >= 15 is 0 Å². The summed E-state index contributed by atoms with van der Waals surface area (Å²) in [7, 11) is -3.17. The quantitative estimate of drug-likeness (QED) is 0.198. The van der Waals surface area contributed by atoms with Crippen molar-refractivity contribution in [3.8, 4) is 0 Å². The van der Waals surface area contributed by atoms with Crippen molar-refractivity contribution in [2.24, 2.45) is 0 Å². The molecule has 0 fully saturated rings. The summed E-state index contributed by atoms with van der Waals surface area (Å²) in [6.07, 6.45) is 1.07. The monoisotopic (exact) mass is 585 g/mol. The van der Waals surface area contributed by atoms with E-state index in [9.17, 15) is 22.9 Å². The maximum atomic E-state index is 13.7. The number of nitrogens with one attached hydrogen (secondary N) is 1. The van der Waals surface area contributed by atoms with E-state index in [0.717, 1.165) is 0 Å². The number of amides is 2. The number of halogens is 3. The molecule has 210 valence electrons. The third kappa shape index (κ3) is 9.52. The molecule has 0 aliphatic rings. The van der Waals surface area contributed by atoms with Crippen molar-refractivity contribution < 1.29 is 42.0 Å². The Morgan fingerprint density at radius 1 is 1.18 bits per heavy atom. The van der Waals surface area contributed by atoms with E-state index in [4.69, 9.17) is 26.1 Å². The average Bonchev–Trinajstić information content (AvgIpc) is 2.87. The number of anilines is 1. The first-order valence-electron chi connectivity index (χ1n) is 11.8. The minimum atomic E-state index is -4.66. The van der Waals surface area contributed by atoms with Gasteiger partial charge in [0.25, 0.3) is 0 Å². The zero-order valence-corrected chi connectivity index (χ0v) is 22.5. The Morgan fingerprint density at radius 2 is 1.95 bits per heavy atom. The molecule has 0 radical (unpaired) electrons. The van der Waals surface area contributed by atoms with Crippen molar-refractivity contribution in [1.29, 1.82) is 0 Å². The molecule has 0 bridgehead atoms. The van der Waals surface area contributed by atoms with Gasteiger partial charge in [-0.25, -0.2) is 23.1 Å². The number of nitrogens with zero attached hydrogens (tertiary/aromatic N) is 2. The number of benzene rings is 2. The molecule has 0 aliphatic heterocycles. The van der Waals surface area contributed by atoms with Crippen LogP contribution in [0, 0.1) is 11.6 Å². The van der Waals surface area contributed by atoms with Gasteiger partial charge in [-0.05, 0) is 60.5 Å². The largest absolute Gasteiger partial charge is 0.469 e. The highest BCUT2D eigenvalue weighted by Gasteiger charge is 2.23. The lowest BCUT2D eigenvalue weighted by Crippen LogP contribution is -2.41. The van der Waals surface area contributed by atoms with Crippen LogP contribution in [0.15, 0.2) is 48.7 Å². The maximum absolute atomic E-state index is 13.7. The number of aromatic nitrogens is 1. The number of pyridine rings is 1. The molecule has 0 unspecified atom stereocenters. The summed E-state index contributed by atoms with van der Waals surface area (Å²) in [5.74, 6) is -1.26. The van der Waals surface area contributed by atoms with E-state index in [0.29, 0.717) is 16.3 Å². The van der Waals surface area contributed by atoms with Crippen molar-refractivity contribution in [3.05, 3.63) is 70.9 Å². The Labute approximate surface area is 228 Å². The number of carbonyl (C=O) groups excluding carboxylic acids is 2. The number of carbonyl (C=O) groups is 2. The van der Waals surface area contributed by atoms with Crippen molar-refractivity contribution in [1.82, 2.24) is 9.88 Å². The minimum absolute atomic E-state index is 0.0150. The van der Waals surface area contributed by atoms with E-state index in [1.54, 1.807) is 12.1 Å². The highest BCUT2D eigenvalue weighted by Crippen LogP contribution is 2.35. The minimum Gasteiger partial charge on any atom is -0.447 e. The van der Waals surface area contributed by atoms with E-state index < -0.39 is 31.6 Å². The number of ether oxygens (including phenoxy) is 1. The molecule has 1 aromatic heterocycles. The molecule has 10 nitrogen and oxygen atoms in total. The van der Waals surface area contributed by atoms with Gasteiger partial charge in [-0.3, -0.25) is 14.6 Å². The SMILES string of the molecule is CN(C(=O)CCc1cccc(F)c1Cl)[C@@H](CCCOP(=O)(O)O)COC(=O)Nc1cc2cc(F)ccc2cn1. The van der Waals surface area contributed by atoms with Crippen LogP contribution < -0.4 is 5.32 Å². The molecular weight excluding hydrogens is 559 g/mol. The summed E-state index contributed by atoms with van der Waals surface area (Å²) in [6.45, 7) is -0.543. The van der Waals surface area contributed by atoms with Crippen LogP contribution in [0.5, 0.6) is 0 Å². The Morgan fingerprint density at radius 3 is 2.69 bits per heavy atom. The topological polar surface area (TPSA) is 138 Å². The van der Waals surface area contributed by atoms with E-state index in [-0.39, 0.29) is 55.6 Å². The number of hydrogen-bond donors (Lipinski definition) is 3. The van der Waals surface area contributed by atoms with Gasteiger partial charge >= 0.3 is 13.9 Å². The maximum Gasteiger partial charge on any atom is 0.469 e. The van der Waals surface area contributed by atoms with Gasteiger partial charge in [0.2, 0.25) is 5.91 Å². The third-order valence-electron chi connectivity index (χ3n) is 5.84. The van der Waals surface area contributed by atoms with Crippen LogP contribution in [0.3, 0.4) is 0 Å². The number of likely N-dealkylation sites (N-methyl/N-ethyl adjacent to an activating group) is 1. The first-order chi connectivity index (χ1) is 18.4. The van der Waals surface area contributed by atoms with Gasteiger partial charge in [0.1, 0.15) is 24.1 Å². The molecule has 2 aromatic carbocycles. The van der Waals surface area contributed by atoms with Gasteiger partial charge < -0.3 is 19.4 Å². The fourth-order valence-electron chi connectivity index (χ4n) is 3.75. The smallest absolute Gasteiger partial charge is 0.447 e. The van der Waals surface area contributed by atoms with Gasteiger partial charge in [-0.15, -0.1) is 0 Å². The molecule has 0 saturated heterocycles. The predicted molar refractivity (Wildman–Crippen MR) is 140 cm³/mol. The summed E-state index contributed by atoms with van der Waals surface area (Å²) in [5, 5.41) is 3.57. The van der Waals surface area contributed by atoms with Crippen LogP contribution in [0.1, 0.15) is 24.8 Å². The molecule has 0 aliphatic carbocycles. The van der Waals surface area contributed by atoms with Crippen molar-refractivity contribution in [2.75, 3.05) is 25.6 Å². The summed E-state index contributed by atoms with van der Waals surface area (Å²) < 4.78 is 47.9. The average molecular weight is 586 g/mol. The molecule has 1 heterocycles. The molecule has 2 amide bonds. The van der Waals surface area contributed by atoms with Gasteiger partial charge in [0, 0.05) is 25.1 Å². The van der Waals surface area contributed by atoms with Crippen LogP contribution in [0.2, 0.25) is 5.02 Å². The summed E-state index contributed by atoms with van der Waals surface area (Å²) in [4.78, 5) is 48.5. The Bertz CT molecular complexity index is 1370. The first-order valence-corrected chi connectivity index (χ1v) is 13.7. The van der Waals surface area contributed by atoms with Gasteiger partial charge in [0.05, 0.1) is 17.7 Å². The summed E-state index contributed by atoms with van der Waals surface area (Å²) in [6, 6.07) is 9.25. The molecule has 14 heteroatoms. The van der Waals surface area contributed by atoms with Crippen LogP contribution in [0.25, 0.3) is 10.8 Å². The second kappa shape index (κ2) is 13.8. The highest BCUT2D eigenvalue weighted by molar-refractivity contribution is 7.46. The zero-order chi connectivity index (χ0) is 28.6. The second-order valence-corrected chi connectivity index (χ2v) is 10.2.